The summed E-state index contributed by atoms with van der Waals surface area (Å²) >= 11 is 6.38. The summed E-state index contributed by atoms with van der Waals surface area (Å²) in [5, 5.41) is 8.03. The molecule has 4 rings (SSSR count). The molecule has 0 spiro atoms. The second-order valence-corrected chi connectivity index (χ2v) is 8.41. The summed E-state index contributed by atoms with van der Waals surface area (Å²) in [5.41, 5.74) is 2.35. The van der Waals surface area contributed by atoms with E-state index in [4.69, 9.17) is 0 Å². The van der Waals surface area contributed by atoms with Crippen LogP contribution < -0.4 is 0 Å². The number of halogens is 1. The van der Waals surface area contributed by atoms with Gasteiger partial charge in [-0.05, 0) is 47.3 Å². The lowest BCUT2D eigenvalue weighted by Gasteiger charge is -1.86. The van der Waals surface area contributed by atoms with E-state index in [-0.39, 0.29) is 5.13 Å². The molecule has 0 N–H and O–H groups in total. The van der Waals surface area contributed by atoms with Gasteiger partial charge in [0.15, 0.2) is 5.13 Å². The van der Waals surface area contributed by atoms with Gasteiger partial charge in [-0.3, -0.25) is 0 Å². The predicted octanol–water partition coefficient (Wildman–Crippen LogP) is 9.45. The average molecular weight is 425 g/mol. The molecule has 26 heavy (non-hydrogen) atoms. The van der Waals surface area contributed by atoms with Crippen LogP contribution in [0.15, 0.2) is 57.9 Å². The van der Waals surface area contributed by atoms with Crippen molar-refractivity contribution in [3.05, 3.63) is 67.9 Å². The van der Waals surface area contributed by atoms with E-state index in [9.17, 15) is 4.39 Å². The van der Waals surface area contributed by atoms with Gasteiger partial charge >= 0.3 is 0 Å². The lowest BCUT2D eigenvalue weighted by atomic mass is 10.3. The monoisotopic (exact) mass is 424 g/mol. The molecular weight excluding hydrogens is 399 g/mol. The van der Waals surface area contributed by atoms with Gasteiger partial charge in [-0.15, -0.1) is 45.3 Å². The van der Waals surface area contributed by atoms with Crippen molar-refractivity contribution in [1.29, 1.82) is 0 Å². The average Bonchev–Trinajstić information content (AvgIpc) is 3.46. The van der Waals surface area contributed by atoms with Crippen molar-refractivity contribution in [2.45, 2.75) is 34.6 Å². The third-order valence-corrected chi connectivity index (χ3v) is 6.32. The minimum absolute atomic E-state index is 0.117. The van der Waals surface area contributed by atoms with Crippen LogP contribution in [0.1, 0.15) is 32.6 Å². The van der Waals surface area contributed by atoms with E-state index in [1.165, 1.54) is 15.3 Å². The Bertz CT molecular complexity index is 738. The molecule has 0 aliphatic carbocycles. The van der Waals surface area contributed by atoms with Crippen LogP contribution in [0.5, 0.6) is 0 Å². The molecule has 0 amide bonds. The zero-order valence-corrected chi connectivity index (χ0v) is 19.1. The third kappa shape index (κ3) is 7.16. The Morgan fingerprint density at radius 1 is 0.692 bits per heavy atom. The van der Waals surface area contributed by atoms with Crippen LogP contribution in [-0.2, 0) is 0 Å². The highest BCUT2D eigenvalue weighted by molar-refractivity contribution is 7.15. The zero-order chi connectivity index (χ0) is 19.4. The first-order valence-electron chi connectivity index (χ1n) is 8.59. The van der Waals surface area contributed by atoms with Crippen LogP contribution in [0.2, 0.25) is 0 Å². The number of rotatable bonds is 2. The molecule has 5 heteroatoms. The Hall–Kier alpha value is -1.27. The third-order valence-electron chi connectivity index (χ3n) is 2.91. The Morgan fingerprint density at radius 2 is 1.19 bits per heavy atom. The van der Waals surface area contributed by atoms with Gasteiger partial charge in [0.25, 0.3) is 0 Å². The number of thiophene rings is 4. The maximum absolute atomic E-state index is 12.5. The number of hydrogen-bond acceptors (Lipinski definition) is 4. The zero-order valence-electron chi connectivity index (χ0n) is 15.8. The van der Waals surface area contributed by atoms with E-state index in [2.05, 4.69) is 35.9 Å². The van der Waals surface area contributed by atoms with E-state index in [1.807, 2.05) is 61.9 Å². The first kappa shape index (κ1) is 22.8. The van der Waals surface area contributed by atoms with Gasteiger partial charge < -0.3 is 0 Å². The van der Waals surface area contributed by atoms with Gasteiger partial charge in [0.05, 0.1) is 0 Å². The molecule has 0 aromatic carbocycles. The lowest BCUT2D eigenvalue weighted by molar-refractivity contribution is 0.657. The topological polar surface area (TPSA) is 0 Å². The van der Waals surface area contributed by atoms with Gasteiger partial charge in [0, 0.05) is 31.1 Å². The van der Waals surface area contributed by atoms with Gasteiger partial charge in [0.2, 0.25) is 0 Å². The Morgan fingerprint density at radius 3 is 1.54 bits per heavy atom. The maximum atomic E-state index is 12.5. The first-order chi connectivity index (χ1) is 12.7. The van der Waals surface area contributed by atoms with E-state index < -0.39 is 0 Å². The Kier molecular flexibility index (Phi) is 11.4. The van der Waals surface area contributed by atoms with Crippen molar-refractivity contribution in [2.75, 3.05) is 0 Å². The number of hydrogen-bond donors (Lipinski definition) is 0. The van der Waals surface area contributed by atoms with Crippen LogP contribution in [-0.4, -0.2) is 0 Å². The minimum atomic E-state index is -0.117. The predicted molar refractivity (Wildman–Crippen MR) is 123 cm³/mol. The van der Waals surface area contributed by atoms with Gasteiger partial charge in [-0.2, -0.15) is 4.39 Å². The molecule has 0 fully saturated rings. The van der Waals surface area contributed by atoms with Crippen molar-refractivity contribution in [1.82, 2.24) is 0 Å². The second kappa shape index (κ2) is 13.0. The quantitative estimate of drug-likeness (QED) is 0.300. The van der Waals surface area contributed by atoms with Crippen molar-refractivity contribution in [3.8, 4) is 20.9 Å². The van der Waals surface area contributed by atoms with Crippen LogP contribution in [0.3, 0.4) is 0 Å². The Labute approximate surface area is 172 Å². The Balaban J connectivity index is 0.000000219. The van der Waals surface area contributed by atoms with Crippen molar-refractivity contribution in [2.24, 2.45) is 0 Å². The van der Waals surface area contributed by atoms with Gasteiger partial charge in [-0.25, -0.2) is 0 Å². The molecule has 0 aliphatic rings. The van der Waals surface area contributed by atoms with Gasteiger partial charge in [0.1, 0.15) is 0 Å². The summed E-state index contributed by atoms with van der Waals surface area (Å²) in [4.78, 5) is 3.88. The van der Waals surface area contributed by atoms with Crippen molar-refractivity contribution < 1.29 is 4.39 Å². The van der Waals surface area contributed by atoms with E-state index in [0.717, 1.165) is 21.8 Å². The maximum Gasteiger partial charge on any atom is 0.177 e. The highest BCUT2D eigenvalue weighted by Crippen LogP contribution is 2.29. The molecular formula is C21H25FS4. The smallest absolute Gasteiger partial charge is 0.177 e. The van der Waals surface area contributed by atoms with E-state index in [0.29, 0.717) is 0 Å². The van der Waals surface area contributed by atoms with E-state index >= 15 is 0 Å². The normalized spacial score (nSPS) is 9.15. The fourth-order valence-corrected chi connectivity index (χ4v) is 4.81. The largest absolute Gasteiger partial charge is 0.195 e. The molecule has 4 aromatic heterocycles. The highest BCUT2D eigenvalue weighted by Gasteiger charge is 2.01. The summed E-state index contributed by atoms with van der Waals surface area (Å²) in [6.07, 6.45) is 0. The summed E-state index contributed by atoms with van der Waals surface area (Å²) in [7, 11) is 0. The highest BCUT2D eigenvalue weighted by atomic mass is 32.1. The fraction of sp³-hybridized carbons (Fsp3) is 0.238. The van der Waals surface area contributed by atoms with Crippen LogP contribution in [0.4, 0.5) is 4.39 Å². The molecule has 0 radical (unpaired) electrons. The summed E-state index contributed by atoms with van der Waals surface area (Å²) in [6, 6.07) is 12.0. The lowest BCUT2D eigenvalue weighted by Crippen LogP contribution is -1.60. The summed E-state index contributed by atoms with van der Waals surface area (Å²) < 4.78 is 12.5. The van der Waals surface area contributed by atoms with Crippen molar-refractivity contribution in [3.63, 3.8) is 0 Å². The SMILES string of the molecule is CC.CC.Cc1cc(-c2cccs2)cs1.Fc1cc(-c2cccs2)cs1. The second-order valence-electron chi connectivity index (χ2n) is 4.54. The minimum Gasteiger partial charge on any atom is -0.195 e. The molecule has 0 bridgehead atoms. The first-order valence-corrected chi connectivity index (χ1v) is 12.1. The summed E-state index contributed by atoms with van der Waals surface area (Å²) in [5.74, 6) is 0. The molecule has 4 aromatic rings. The van der Waals surface area contributed by atoms with Crippen LogP contribution in [0, 0.1) is 12.1 Å². The standard InChI is InChI=1S/C9H8S2.C8H5FS2.2C2H6/c1-7-5-8(6-11-7)9-3-2-4-10-9;9-8-4-6(5-11-8)7-2-1-3-10-7;2*1-2/h2-6H,1H3;1-5H;2*1-2H3. The molecule has 140 valence electrons. The van der Waals surface area contributed by atoms with Crippen LogP contribution in [0.25, 0.3) is 20.9 Å². The van der Waals surface area contributed by atoms with E-state index in [1.54, 1.807) is 28.7 Å². The number of aryl methyl sites for hydroxylation is 1. The molecule has 0 unspecified atom stereocenters. The summed E-state index contributed by atoms with van der Waals surface area (Å²) in [6.45, 7) is 10.1. The molecule has 0 aliphatic heterocycles. The molecule has 4 heterocycles. The molecule has 0 saturated carbocycles. The molecule has 0 atom stereocenters. The van der Waals surface area contributed by atoms with Crippen molar-refractivity contribution >= 4 is 45.3 Å². The molecule has 0 saturated heterocycles. The molecule has 0 nitrogen and oxygen atoms in total. The van der Waals surface area contributed by atoms with Crippen LogP contribution >= 0.6 is 45.3 Å². The fourth-order valence-electron chi connectivity index (χ4n) is 1.90. The van der Waals surface area contributed by atoms with Gasteiger partial charge in [-0.1, -0.05) is 39.8 Å².